The number of rotatable bonds is 2. The van der Waals surface area contributed by atoms with E-state index in [0.29, 0.717) is 0 Å². The molecule has 0 amide bonds. The second kappa shape index (κ2) is 4.05. The Morgan fingerprint density at radius 2 is 2.18 bits per heavy atom. The Morgan fingerprint density at radius 3 is 3.00 bits per heavy atom. The third-order valence-electron chi connectivity index (χ3n) is 2.78. The minimum absolute atomic E-state index is 0.765. The molecule has 3 aromatic rings. The predicted molar refractivity (Wildman–Crippen MR) is 71.3 cm³/mol. The highest BCUT2D eigenvalue weighted by atomic mass is 15.3. The van der Waals surface area contributed by atoms with Crippen molar-refractivity contribution in [1.82, 2.24) is 14.8 Å². The molecule has 0 N–H and O–H groups in total. The van der Waals surface area contributed by atoms with Crippen molar-refractivity contribution in [3.63, 3.8) is 0 Å². The molecule has 0 fully saturated rings. The van der Waals surface area contributed by atoms with E-state index >= 15 is 0 Å². The fourth-order valence-electron chi connectivity index (χ4n) is 1.94. The van der Waals surface area contributed by atoms with Gasteiger partial charge in [-0.25, -0.2) is 0 Å². The van der Waals surface area contributed by atoms with Crippen LogP contribution in [-0.4, -0.2) is 22.6 Å². The Balaban J connectivity index is 1.96. The first-order chi connectivity index (χ1) is 8.31. The van der Waals surface area contributed by atoms with Gasteiger partial charge >= 0.3 is 0 Å². The highest BCUT2D eigenvalue weighted by Gasteiger charge is 2.01. The van der Waals surface area contributed by atoms with Crippen LogP contribution in [0.4, 0.5) is 0 Å². The van der Waals surface area contributed by atoms with Crippen LogP contribution in [0.3, 0.4) is 0 Å². The number of aromatic nitrogens is 3. The first-order valence-corrected chi connectivity index (χ1v) is 5.64. The summed E-state index contributed by atoms with van der Waals surface area (Å²) in [5.74, 6) is 0. The first kappa shape index (κ1) is 10.1. The summed E-state index contributed by atoms with van der Waals surface area (Å²) in [4.78, 5) is 4.11. The smallest absolute Gasteiger partial charge is 0.139 e. The van der Waals surface area contributed by atoms with Crippen LogP contribution in [0.1, 0.15) is 5.56 Å². The van der Waals surface area contributed by atoms with Crippen molar-refractivity contribution in [1.29, 1.82) is 0 Å². The Labute approximate surface area is 101 Å². The topological polar surface area (TPSA) is 30.7 Å². The monoisotopic (exact) mass is 221 g/mol. The lowest BCUT2D eigenvalue weighted by Crippen LogP contribution is -2.01. The third-order valence-corrected chi connectivity index (χ3v) is 2.78. The molecule has 0 saturated heterocycles. The standard InChI is InChI=1S/C13H12BN3/c14-12-4-3-11-9-17(16-13(11)6-12)8-10-2-1-5-15-7-10/h1-7,9H,8,14H2. The van der Waals surface area contributed by atoms with E-state index in [0.717, 1.165) is 17.6 Å². The molecule has 17 heavy (non-hydrogen) atoms. The summed E-state index contributed by atoms with van der Waals surface area (Å²) in [5, 5.41) is 5.74. The number of hydrogen-bond acceptors (Lipinski definition) is 2. The minimum Gasteiger partial charge on any atom is -0.267 e. The maximum Gasteiger partial charge on any atom is 0.139 e. The number of pyridine rings is 1. The van der Waals surface area contributed by atoms with Crippen molar-refractivity contribution in [2.75, 3.05) is 0 Å². The molecule has 3 rings (SSSR count). The molecular weight excluding hydrogens is 209 g/mol. The quantitative estimate of drug-likeness (QED) is 0.597. The molecule has 0 radical (unpaired) electrons. The number of fused-ring (bicyclic) bond motifs is 1. The molecule has 0 atom stereocenters. The van der Waals surface area contributed by atoms with Gasteiger partial charge in [-0.2, -0.15) is 5.10 Å². The van der Waals surface area contributed by atoms with Gasteiger partial charge in [0, 0.05) is 24.0 Å². The molecule has 3 nitrogen and oxygen atoms in total. The van der Waals surface area contributed by atoms with Gasteiger partial charge in [0.1, 0.15) is 7.85 Å². The molecule has 0 aliphatic heterocycles. The zero-order valence-corrected chi connectivity index (χ0v) is 9.67. The summed E-state index contributed by atoms with van der Waals surface area (Å²) >= 11 is 0. The molecule has 1 aromatic carbocycles. The lowest BCUT2D eigenvalue weighted by molar-refractivity contribution is 0.693. The van der Waals surface area contributed by atoms with Gasteiger partial charge in [-0.05, 0) is 17.7 Å². The molecule has 0 spiro atoms. The maximum atomic E-state index is 4.56. The molecule has 0 saturated carbocycles. The van der Waals surface area contributed by atoms with Gasteiger partial charge in [0.2, 0.25) is 0 Å². The normalized spacial score (nSPS) is 10.8. The van der Waals surface area contributed by atoms with Gasteiger partial charge in [-0.1, -0.05) is 23.7 Å². The molecule has 0 bridgehead atoms. The fourth-order valence-corrected chi connectivity index (χ4v) is 1.94. The van der Waals surface area contributed by atoms with E-state index in [9.17, 15) is 0 Å². The predicted octanol–water partition coefficient (Wildman–Crippen LogP) is 0.738. The van der Waals surface area contributed by atoms with Crippen LogP contribution in [0.2, 0.25) is 0 Å². The highest BCUT2D eigenvalue weighted by molar-refractivity contribution is 6.33. The van der Waals surface area contributed by atoms with E-state index in [1.54, 1.807) is 6.20 Å². The zero-order chi connectivity index (χ0) is 11.7. The van der Waals surface area contributed by atoms with E-state index < -0.39 is 0 Å². The summed E-state index contributed by atoms with van der Waals surface area (Å²) in [5.41, 5.74) is 3.45. The average Bonchev–Trinajstić information content (AvgIpc) is 2.71. The molecule has 82 valence electrons. The maximum absolute atomic E-state index is 4.56. The van der Waals surface area contributed by atoms with Crippen molar-refractivity contribution in [3.8, 4) is 0 Å². The number of benzene rings is 1. The second-order valence-electron chi connectivity index (χ2n) is 4.25. The Morgan fingerprint density at radius 1 is 1.24 bits per heavy atom. The van der Waals surface area contributed by atoms with Gasteiger partial charge in [0.05, 0.1) is 12.1 Å². The van der Waals surface area contributed by atoms with Crippen LogP contribution >= 0.6 is 0 Å². The molecule has 4 heteroatoms. The Kier molecular flexibility index (Phi) is 2.40. The van der Waals surface area contributed by atoms with E-state index in [2.05, 4.69) is 48.4 Å². The van der Waals surface area contributed by atoms with Crippen molar-refractivity contribution in [3.05, 3.63) is 54.5 Å². The highest BCUT2D eigenvalue weighted by Crippen LogP contribution is 2.11. The molecular formula is C13H12BN3. The molecule has 0 unspecified atom stereocenters. The Hall–Kier alpha value is -2.10. The average molecular weight is 221 g/mol. The van der Waals surface area contributed by atoms with Gasteiger partial charge in [-0.3, -0.25) is 9.67 Å². The number of hydrogen-bond donors (Lipinski definition) is 0. The summed E-state index contributed by atoms with van der Waals surface area (Å²) in [6, 6.07) is 10.3. The summed E-state index contributed by atoms with van der Waals surface area (Å²) in [7, 11) is 2.08. The van der Waals surface area contributed by atoms with E-state index in [4.69, 9.17) is 0 Å². The van der Waals surface area contributed by atoms with Gasteiger partial charge in [0.25, 0.3) is 0 Å². The van der Waals surface area contributed by atoms with E-state index in [1.165, 1.54) is 10.8 Å². The van der Waals surface area contributed by atoms with Gasteiger partial charge in [-0.15, -0.1) is 0 Å². The summed E-state index contributed by atoms with van der Waals surface area (Å²) < 4.78 is 1.96. The van der Waals surface area contributed by atoms with Crippen molar-refractivity contribution in [2.45, 2.75) is 6.54 Å². The van der Waals surface area contributed by atoms with E-state index in [-0.39, 0.29) is 0 Å². The lowest BCUT2D eigenvalue weighted by Gasteiger charge is -1.99. The molecule has 2 aromatic heterocycles. The lowest BCUT2D eigenvalue weighted by atomic mass is 9.96. The summed E-state index contributed by atoms with van der Waals surface area (Å²) in [6.45, 7) is 0.765. The van der Waals surface area contributed by atoms with Crippen LogP contribution in [0.5, 0.6) is 0 Å². The largest absolute Gasteiger partial charge is 0.267 e. The van der Waals surface area contributed by atoms with Crippen LogP contribution < -0.4 is 5.46 Å². The summed E-state index contributed by atoms with van der Waals surface area (Å²) in [6.07, 6.45) is 5.73. The first-order valence-electron chi connectivity index (χ1n) is 5.64. The van der Waals surface area contributed by atoms with Crippen LogP contribution in [0.15, 0.2) is 48.9 Å². The van der Waals surface area contributed by atoms with Gasteiger partial charge in [0.15, 0.2) is 0 Å². The zero-order valence-electron chi connectivity index (χ0n) is 9.67. The van der Waals surface area contributed by atoms with Crippen molar-refractivity contribution >= 4 is 24.2 Å². The third kappa shape index (κ3) is 2.06. The van der Waals surface area contributed by atoms with Crippen molar-refractivity contribution < 1.29 is 0 Å². The van der Waals surface area contributed by atoms with Crippen LogP contribution in [0, 0.1) is 0 Å². The minimum atomic E-state index is 0.765. The van der Waals surface area contributed by atoms with Crippen molar-refractivity contribution in [2.24, 2.45) is 0 Å². The SMILES string of the molecule is Bc1ccc2cn(Cc3cccnc3)nc2c1. The van der Waals surface area contributed by atoms with E-state index in [1.807, 2.05) is 16.9 Å². The second-order valence-corrected chi connectivity index (χ2v) is 4.25. The fraction of sp³-hybridized carbons (Fsp3) is 0.0769. The van der Waals surface area contributed by atoms with Gasteiger partial charge < -0.3 is 0 Å². The Bertz CT molecular complexity index is 646. The van der Waals surface area contributed by atoms with Crippen LogP contribution in [0.25, 0.3) is 10.9 Å². The number of nitrogens with zero attached hydrogens (tertiary/aromatic N) is 3. The molecule has 2 heterocycles. The van der Waals surface area contributed by atoms with Crippen LogP contribution in [-0.2, 0) is 6.54 Å². The molecule has 0 aliphatic rings. The molecule has 0 aliphatic carbocycles.